The van der Waals surface area contributed by atoms with Crippen LogP contribution in [0, 0.1) is 5.41 Å². The van der Waals surface area contributed by atoms with E-state index in [2.05, 4.69) is 15.5 Å². The number of nitrogens with zero attached hydrogens (tertiary/aromatic N) is 1. The molecule has 5 nitrogen and oxygen atoms in total. The van der Waals surface area contributed by atoms with Crippen molar-refractivity contribution in [2.24, 2.45) is 5.41 Å². The zero-order valence-electron chi connectivity index (χ0n) is 12.0. The third kappa shape index (κ3) is 4.23. The van der Waals surface area contributed by atoms with Gasteiger partial charge in [-0.25, -0.2) is 0 Å². The van der Waals surface area contributed by atoms with Gasteiger partial charge in [0.05, 0.1) is 6.10 Å². The van der Waals surface area contributed by atoms with Gasteiger partial charge in [-0.05, 0) is 12.3 Å². The molecule has 0 radical (unpaired) electrons. The number of β-amino-alcohol motifs (C(OH)–C–C–N with tert-alkyl or cyclic N) is 1. The Balaban J connectivity index is 2.62. The second kappa shape index (κ2) is 6.50. The van der Waals surface area contributed by atoms with Crippen molar-refractivity contribution in [3.05, 3.63) is 0 Å². The molecular weight excluding hydrogens is 230 g/mol. The fourth-order valence-electron chi connectivity index (χ4n) is 2.01. The second-order valence-electron chi connectivity index (χ2n) is 5.99. The van der Waals surface area contributed by atoms with Gasteiger partial charge in [0.2, 0.25) is 5.91 Å². The topological polar surface area (TPSA) is 64.6 Å². The summed E-state index contributed by atoms with van der Waals surface area (Å²) < 4.78 is 0. The van der Waals surface area contributed by atoms with Crippen molar-refractivity contribution in [1.29, 1.82) is 0 Å². The monoisotopic (exact) mass is 257 g/mol. The van der Waals surface area contributed by atoms with E-state index in [4.69, 9.17) is 0 Å². The van der Waals surface area contributed by atoms with Crippen LogP contribution in [0.4, 0.5) is 0 Å². The number of hydrogen-bond acceptors (Lipinski definition) is 4. The fourth-order valence-corrected chi connectivity index (χ4v) is 2.01. The molecule has 0 aliphatic carbocycles. The maximum absolute atomic E-state index is 12.0. The molecule has 2 unspecified atom stereocenters. The average molecular weight is 257 g/mol. The molecule has 1 fully saturated rings. The summed E-state index contributed by atoms with van der Waals surface area (Å²) in [5.41, 5.74) is -0.156. The van der Waals surface area contributed by atoms with E-state index < -0.39 is 6.10 Å². The Kier molecular flexibility index (Phi) is 5.56. The van der Waals surface area contributed by atoms with Gasteiger partial charge in [-0.2, -0.15) is 0 Å². The van der Waals surface area contributed by atoms with E-state index >= 15 is 0 Å². The highest BCUT2D eigenvalue weighted by atomic mass is 16.3. The first-order valence-electron chi connectivity index (χ1n) is 6.76. The lowest BCUT2D eigenvalue weighted by atomic mass is 9.88. The zero-order chi connectivity index (χ0) is 13.8. The minimum Gasteiger partial charge on any atom is -0.391 e. The summed E-state index contributed by atoms with van der Waals surface area (Å²) in [7, 11) is 0. The van der Waals surface area contributed by atoms with Crippen molar-refractivity contribution in [2.75, 3.05) is 32.7 Å². The third-order valence-electron chi connectivity index (χ3n) is 3.42. The Morgan fingerprint density at radius 3 is 2.78 bits per heavy atom. The van der Waals surface area contributed by atoms with Gasteiger partial charge in [0, 0.05) is 32.7 Å². The molecule has 0 aromatic rings. The molecule has 5 heteroatoms. The van der Waals surface area contributed by atoms with Crippen LogP contribution in [0.5, 0.6) is 0 Å². The van der Waals surface area contributed by atoms with Crippen LogP contribution in [0.1, 0.15) is 27.7 Å². The SMILES string of the molecule is CCNC(=O)C1CNCCN1CC(O)C(C)(C)C. The molecule has 0 bridgehead atoms. The van der Waals surface area contributed by atoms with Crippen LogP contribution in [0.25, 0.3) is 0 Å². The van der Waals surface area contributed by atoms with Gasteiger partial charge in [-0.1, -0.05) is 20.8 Å². The van der Waals surface area contributed by atoms with E-state index in [0.29, 0.717) is 19.6 Å². The Bertz CT molecular complexity index is 276. The van der Waals surface area contributed by atoms with E-state index in [1.54, 1.807) is 0 Å². The van der Waals surface area contributed by atoms with Crippen molar-refractivity contribution in [2.45, 2.75) is 39.8 Å². The molecule has 106 valence electrons. The van der Waals surface area contributed by atoms with E-state index in [9.17, 15) is 9.90 Å². The number of piperazine rings is 1. The molecule has 0 saturated carbocycles. The number of aliphatic hydroxyl groups is 1. The molecule has 3 N–H and O–H groups in total. The van der Waals surface area contributed by atoms with Crippen LogP contribution >= 0.6 is 0 Å². The first-order valence-corrected chi connectivity index (χ1v) is 6.76. The van der Waals surface area contributed by atoms with Gasteiger partial charge >= 0.3 is 0 Å². The maximum Gasteiger partial charge on any atom is 0.238 e. The predicted molar refractivity (Wildman–Crippen MR) is 72.4 cm³/mol. The van der Waals surface area contributed by atoms with Crippen LogP contribution in [0.2, 0.25) is 0 Å². The predicted octanol–water partition coefficient (Wildman–Crippen LogP) is -0.197. The average Bonchev–Trinajstić information content (AvgIpc) is 2.28. The standard InChI is InChI=1S/C13H27N3O2/c1-5-15-12(18)10-8-14-6-7-16(10)9-11(17)13(2,3)4/h10-11,14,17H,5-9H2,1-4H3,(H,15,18). The lowest BCUT2D eigenvalue weighted by molar-refractivity contribution is -0.128. The van der Waals surface area contributed by atoms with E-state index in [0.717, 1.165) is 13.1 Å². The smallest absolute Gasteiger partial charge is 0.238 e. The third-order valence-corrected chi connectivity index (χ3v) is 3.42. The molecule has 18 heavy (non-hydrogen) atoms. The van der Waals surface area contributed by atoms with Crippen LogP contribution < -0.4 is 10.6 Å². The highest BCUT2D eigenvalue weighted by Gasteiger charge is 2.32. The minimum absolute atomic E-state index is 0.0470. The number of hydrogen-bond donors (Lipinski definition) is 3. The zero-order valence-corrected chi connectivity index (χ0v) is 12.0. The largest absolute Gasteiger partial charge is 0.391 e. The molecule has 1 amide bonds. The molecule has 0 spiro atoms. The number of carbonyl (C=O) groups excluding carboxylic acids is 1. The van der Waals surface area contributed by atoms with E-state index in [1.165, 1.54) is 0 Å². The maximum atomic E-state index is 12.0. The number of rotatable bonds is 4. The summed E-state index contributed by atoms with van der Waals surface area (Å²) in [6.07, 6.45) is -0.424. The van der Waals surface area contributed by atoms with Gasteiger partial charge in [-0.15, -0.1) is 0 Å². The molecule has 1 heterocycles. The Labute approximate surface area is 110 Å². The fraction of sp³-hybridized carbons (Fsp3) is 0.923. The van der Waals surface area contributed by atoms with Gasteiger partial charge in [0.25, 0.3) is 0 Å². The minimum atomic E-state index is -0.424. The summed E-state index contributed by atoms with van der Waals surface area (Å²) in [4.78, 5) is 14.0. The number of aliphatic hydroxyl groups excluding tert-OH is 1. The first-order chi connectivity index (χ1) is 8.36. The van der Waals surface area contributed by atoms with Crippen molar-refractivity contribution in [3.8, 4) is 0 Å². The van der Waals surface area contributed by atoms with E-state index in [1.807, 2.05) is 27.7 Å². The Morgan fingerprint density at radius 1 is 1.56 bits per heavy atom. The lowest BCUT2D eigenvalue weighted by Gasteiger charge is -2.38. The van der Waals surface area contributed by atoms with Crippen LogP contribution in [-0.4, -0.2) is 60.8 Å². The van der Waals surface area contributed by atoms with Crippen LogP contribution in [0.3, 0.4) is 0 Å². The van der Waals surface area contributed by atoms with Gasteiger partial charge in [-0.3, -0.25) is 9.69 Å². The van der Waals surface area contributed by atoms with Crippen LogP contribution in [-0.2, 0) is 4.79 Å². The number of likely N-dealkylation sites (N-methyl/N-ethyl adjacent to an activating group) is 1. The lowest BCUT2D eigenvalue weighted by Crippen LogP contribution is -2.60. The van der Waals surface area contributed by atoms with Gasteiger partial charge in [0.15, 0.2) is 0 Å². The Hall–Kier alpha value is -0.650. The summed E-state index contributed by atoms with van der Waals surface area (Å²) in [5, 5.41) is 16.3. The highest BCUT2D eigenvalue weighted by molar-refractivity contribution is 5.82. The van der Waals surface area contributed by atoms with Gasteiger partial charge < -0.3 is 15.7 Å². The number of nitrogens with one attached hydrogen (secondary N) is 2. The van der Waals surface area contributed by atoms with E-state index in [-0.39, 0.29) is 17.4 Å². The summed E-state index contributed by atoms with van der Waals surface area (Å²) in [5.74, 6) is 0.0470. The quantitative estimate of drug-likeness (QED) is 0.653. The van der Waals surface area contributed by atoms with Gasteiger partial charge in [0.1, 0.15) is 6.04 Å². The molecule has 1 saturated heterocycles. The first kappa shape index (κ1) is 15.4. The molecule has 1 rings (SSSR count). The number of amides is 1. The molecule has 1 aliphatic rings. The van der Waals surface area contributed by atoms with Crippen molar-refractivity contribution in [1.82, 2.24) is 15.5 Å². The van der Waals surface area contributed by atoms with Crippen molar-refractivity contribution >= 4 is 5.91 Å². The normalized spacial score (nSPS) is 23.7. The van der Waals surface area contributed by atoms with Crippen molar-refractivity contribution in [3.63, 3.8) is 0 Å². The molecule has 0 aromatic carbocycles. The molecular formula is C13H27N3O2. The highest BCUT2D eigenvalue weighted by Crippen LogP contribution is 2.21. The molecule has 2 atom stereocenters. The van der Waals surface area contributed by atoms with Crippen LogP contribution in [0.15, 0.2) is 0 Å². The summed E-state index contributed by atoms with van der Waals surface area (Å²) in [6.45, 7) is 11.5. The Morgan fingerprint density at radius 2 is 2.22 bits per heavy atom. The summed E-state index contributed by atoms with van der Waals surface area (Å²) in [6, 6.07) is -0.171. The second-order valence-corrected chi connectivity index (χ2v) is 5.99. The summed E-state index contributed by atoms with van der Waals surface area (Å²) >= 11 is 0. The molecule has 0 aromatic heterocycles. The van der Waals surface area contributed by atoms with Crippen molar-refractivity contribution < 1.29 is 9.90 Å². The molecule has 1 aliphatic heterocycles. The number of carbonyl (C=O) groups is 1.